The van der Waals surface area contributed by atoms with E-state index in [0.717, 1.165) is 42.6 Å². The largest absolute Gasteiger partial charge is 0.486 e. The summed E-state index contributed by atoms with van der Waals surface area (Å²) in [7, 11) is -3.61. The molecule has 1 unspecified atom stereocenters. The predicted molar refractivity (Wildman–Crippen MR) is 154 cm³/mol. The number of hydrogen-bond donors (Lipinski definition) is 0. The molecule has 1 fully saturated rings. The van der Waals surface area contributed by atoms with Crippen LogP contribution in [-0.4, -0.2) is 80.5 Å². The first-order chi connectivity index (χ1) is 18.8. The third kappa shape index (κ3) is 5.77. The zero-order valence-corrected chi connectivity index (χ0v) is 24.4. The maximum Gasteiger partial charge on any atom is 0.260 e. The molecule has 9 nitrogen and oxygen atoms in total. The highest BCUT2D eigenvalue weighted by Gasteiger charge is 2.31. The molecule has 1 aromatic heterocycles. The molecule has 39 heavy (non-hydrogen) atoms. The number of hydrogen-bond acceptors (Lipinski definition) is 8. The van der Waals surface area contributed by atoms with Gasteiger partial charge in [-0.2, -0.15) is 4.31 Å². The van der Waals surface area contributed by atoms with Gasteiger partial charge in [0.25, 0.3) is 5.91 Å². The fourth-order valence-corrected chi connectivity index (χ4v) is 7.82. The maximum atomic E-state index is 13.8. The highest BCUT2D eigenvalue weighted by molar-refractivity contribution is 7.89. The Balaban J connectivity index is 1.44. The van der Waals surface area contributed by atoms with Crippen LogP contribution in [0.15, 0.2) is 41.3 Å². The molecule has 3 heterocycles. The average molecular weight is 573 g/mol. The standard InChI is InChI=1S/C28H36N4O5S2/c1-4-30(5-2)14-15-31(28-29-23-18-24-25(19-26(23)38-28)37-17-16-36-24)27(33)21-9-11-22(12-10-21)39(34,35)32-13-7-6-8-20(32)3/h9-12,18-20H,4-8,13-17H2,1-3H3. The Hall–Kier alpha value is -2.73. The lowest BCUT2D eigenvalue weighted by Crippen LogP contribution is -2.42. The molecule has 0 spiro atoms. The van der Waals surface area contributed by atoms with Crippen LogP contribution in [0.5, 0.6) is 11.5 Å². The number of sulfonamides is 1. The van der Waals surface area contributed by atoms with Crippen molar-refractivity contribution in [3.05, 3.63) is 42.0 Å². The van der Waals surface area contributed by atoms with Crippen LogP contribution in [0, 0.1) is 0 Å². The number of anilines is 1. The van der Waals surface area contributed by atoms with Crippen LogP contribution in [0.25, 0.3) is 10.2 Å². The van der Waals surface area contributed by atoms with Crippen LogP contribution in [0.3, 0.4) is 0 Å². The molecule has 5 rings (SSSR count). The summed E-state index contributed by atoms with van der Waals surface area (Å²) < 4.78 is 40.5. The van der Waals surface area contributed by atoms with Gasteiger partial charge in [0.1, 0.15) is 13.2 Å². The molecular formula is C28H36N4O5S2. The molecule has 1 amide bonds. The van der Waals surface area contributed by atoms with E-state index in [9.17, 15) is 13.2 Å². The SMILES string of the molecule is CCN(CC)CCN(C(=O)c1ccc(S(=O)(=O)N2CCCCC2C)cc1)c1nc2cc3c(cc2s1)OCCO3. The number of benzene rings is 2. The Morgan fingerprint density at radius 3 is 2.41 bits per heavy atom. The van der Waals surface area contributed by atoms with Crippen molar-refractivity contribution in [1.29, 1.82) is 0 Å². The predicted octanol–water partition coefficient (Wildman–Crippen LogP) is 4.62. The van der Waals surface area contributed by atoms with Crippen molar-refractivity contribution in [2.24, 2.45) is 0 Å². The Kier molecular flexibility index (Phi) is 8.41. The normalized spacial score (nSPS) is 18.0. The first-order valence-electron chi connectivity index (χ1n) is 13.7. The number of aromatic nitrogens is 1. The van der Waals surface area contributed by atoms with E-state index in [1.54, 1.807) is 33.5 Å². The van der Waals surface area contributed by atoms with E-state index >= 15 is 0 Å². The molecule has 2 aliphatic heterocycles. The van der Waals surface area contributed by atoms with Crippen LogP contribution >= 0.6 is 11.3 Å². The van der Waals surface area contributed by atoms with Crippen LogP contribution < -0.4 is 14.4 Å². The first-order valence-corrected chi connectivity index (χ1v) is 15.9. The number of piperidine rings is 1. The number of carbonyl (C=O) groups is 1. The second kappa shape index (κ2) is 11.8. The second-order valence-electron chi connectivity index (χ2n) is 9.93. The van der Waals surface area contributed by atoms with Gasteiger partial charge in [0.15, 0.2) is 16.6 Å². The minimum absolute atomic E-state index is 0.0267. The summed E-state index contributed by atoms with van der Waals surface area (Å²) in [5, 5.41) is 0.586. The third-order valence-corrected chi connectivity index (χ3v) is 10.6. The summed E-state index contributed by atoms with van der Waals surface area (Å²) >= 11 is 1.43. The van der Waals surface area contributed by atoms with Crippen molar-refractivity contribution in [3.63, 3.8) is 0 Å². The van der Waals surface area contributed by atoms with Crippen LogP contribution in [0.4, 0.5) is 5.13 Å². The summed E-state index contributed by atoms with van der Waals surface area (Å²) in [6, 6.07) is 10.1. The number of thiazole rings is 1. The van der Waals surface area contributed by atoms with Gasteiger partial charge in [-0.1, -0.05) is 31.6 Å². The molecule has 210 valence electrons. The van der Waals surface area contributed by atoms with Crippen molar-refractivity contribution in [3.8, 4) is 11.5 Å². The summed E-state index contributed by atoms with van der Waals surface area (Å²) in [5.74, 6) is 1.13. The minimum atomic E-state index is -3.61. The van der Waals surface area contributed by atoms with Crippen LogP contribution in [0.2, 0.25) is 0 Å². The number of ether oxygens (including phenoxy) is 2. The number of fused-ring (bicyclic) bond motifs is 2. The Morgan fingerprint density at radius 1 is 1.05 bits per heavy atom. The smallest absolute Gasteiger partial charge is 0.260 e. The molecule has 2 aromatic carbocycles. The summed E-state index contributed by atoms with van der Waals surface area (Å²) in [6.07, 6.45) is 2.77. The number of carbonyl (C=O) groups excluding carboxylic acids is 1. The van der Waals surface area contributed by atoms with Gasteiger partial charge in [-0.05, 0) is 57.1 Å². The average Bonchev–Trinajstić information content (AvgIpc) is 3.36. The lowest BCUT2D eigenvalue weighted by molar-refractivity contribution is 0.0983. The topological polar surface area (TPSA) is 92.3 Å². The molecule has 11 heteroatoms. The van der Waals surface area contributed by atoms with E-state index in [1.807, 2.05) is 19.1 Å². The van der Waals surface area contributed by atoms with Gasteiger partial charge in [0.2, 0.25) is 10.0 Å². The summed E-state index contributed by atoms with van der Waals surface area (Å²) in [6.45, 7) is 10.6. The van der Waals surface area contributed by atoms with Crippen LogP contribution in [-0.2, 0) is 10.0 Å². The van der Waals surface area contributed by atoms with E-state index in [1.165, 1.54) is 11.3 Å². The third-order valence-electron chi connectivity index (χ3n) is 7.50. The molecular weight excluding hydrogens is 536 g/mol. The van der Waals surface area contributed by atoms with E-state index in [0.29, 0.717) is 55.0 Å². The van der Waals surface area contributed by atoms with Crippen molar-refractivity contribution in [2.75, 3.05) is 50.8 Å². The molecule has 2 aliphatic rings. The molecule has 1 saturated heterocycles. The quantitative estimate of drug-likeness (QED) is 0.370. The fourth-order valence-electron chi connectivity index (χ4n) is 5.12. The van der Waals surface area contributed by atoms with Gasteiger partial charge in [0.05, 0.1) is 15.1 Å². The van der Waals surface area contributed by atoms with Crippen molar-refractivity contribution >= 4 is 42.6 Å². The fraction of sp³-hybridized carbons (Fsp3) is 0.500. The van der Waals surface area contributed by atoms with E-state index in [4.69, 9.17) is 14.5 Å². The van der Waals surface area contributed by atoms with Crippen molar-refractivity contribution < 1.29 is 22.7 Å². The second-order valence-corrected chi connectivity index (χ2v) is 12.8. The zero-order chi connectivity index (χ0) is 27.6. The summed E-state index contributed by atoms with van der Waals surface area (Å²) in [5.41, 5.74) is 1.17. The molecule has 0 saturated carbocycles. The van der Waals surface area contributed by atoms with Gasteiger partial charge in [-0.15, -0.1) is 0 Å². The van der Waals surface area contributed by atoms with E-state index in [2.05, 4.69) is 18.7 Å². The molecule has 3 aromatic rings. The lowest BCUT2D eigenvalue weighted by Gasteiger charge is -2.32. The monoisotopic (exact) mass is 572 g/mol. The Morgan fingerprint density at radius 2 is 1.74 bits per heavy atom. The van der Waals surface area contributed by atoms with Crippen LogP contribution in [0.1, 0.15) is 50.4 Å². The zero-order valence-electron chi connectivity index (χ0n) is 22.8. The van der Waals surface area contributed by atoms with E-state index in [-0.39, 0.29) is 16.8 Å². The van der Waals surface area contributed by atoms with Crippen molar-refractivity contribution in [2.45, 2.75) is 51.0 Å². The molecule has 0 N–H and O–H groups in total. The highest BCUT2D eigenvalue weighted by Crippen LogP contribution is 2.39. The maximum absolute atomic E-state index is 13.8. The van der Waals surface area contributed by atoms with Gasteiger partial charge in [-0.3, -0.25) is 9.69 Å². The number of amides is 1. The number of likely N-dealkylation sites (N-methyl/N-ethyl adjacent to an activating group) is 1. The Labute approximate surface area is 234 Å². The van der Waals surface area contributed by atoms with Gasteiger partial charge >= 0.3 is 0 Å². The Bertz CT molecular complexity index is 1380. The van der Waals surface area contributed by atoms with Gasteiger partial charge < -0.3 is 14.4 Å². The number of rotatable bonds is 9. The molecule has 1 atom stereocenters. The lowest BCUT2D eigenvalue weighted by atomic mass is 10.1. The summed E-state index contributed by atoms with van der Waals surface area (Å²) in [4.78, 5) is 22.8. The molecule has 0 aliphatic carbocycles. The minimum Gasteiger partial charge on any atom is -0.486 e. The van der Waals surface area contributed by atoms with Crippen molar-refractivity contribution in [1.82, 2.24) is 14.2 Å². The first kappa shape index (κ1) is 27.8. The van der Waals surface area contributed by atoms with E-state index < -0.39 is 10.0 Å². The number of nitrogens with zero attached hydrogens (tertiary/aromatic N) is 4. The van der Waals surface area contributed by atoms with Gasteiger partial charge in [0, 0.05) is 43.4 Å². The van der Waals surface area contributed by atoms with Gasteiger partial charge in [-0.25, -0.2) is 13.4 Å². The molecule has 0 bridgehead atoms. The highest BCUT2D eigenvalue weighted by atomic mass is 32.2. The molecule has 0 radical (unpaired) electrons.